The van der Waals surface area contributed by atoms with E-state index in [1.807, 2.05) is 6.92 Å². The zero-order valence-electron chi connectivity index (χ0n) is 21.5. The van der Waals surface area contributed by atoms with Crippen molar-refractivity contribution in [3.05, 3.63) is 30.3 Å². The van der Waals surface area contributed by atoms with Crippen LogP contribution in [0.3, 0.4) is 0 Å². The summed E-state index contributed by atoms with van der Waals surface area (Å²) in [5.74, 6) is -4.74. The highest BCUT2D eigenvalue weighted by molar-refractivity contribution is 8.14. The molecule has 1 aliphatic heterocycles. The topological polar surface area (TPSA) is 133 Å². The number of hydrogen-bond acceptors (Lipinski definition) is 10. The molecule has 10 nitrogen and oxygen atoms in total. The van der Waals surface area contributed by atoms with E-state index in [1.54, 1.807) is 51.1 Å². The van der Waals surface area contributed by atoms with E-state index in [4.69, 9.17) is 14.2 Å². The number of Topliss-reactive ketones (excluding diaryl/α,β-unsaturated/α-hetero) is 1. The van der Waals surface area contributed by atoms with Crippen molar-refractivity contribution in [2.24, 2.45) is 11.3 Å². The first-order chi connectivity index (χ1) is 17.5. The monoisotopic (exact) mass is 535 g/mol. The lowest BCUT2D eigenvalue weighted by molar-refractivity contribution is -0.182. The number of thioether (sulfide) groups is 1. The predicted octanol–water partition coefficient (Wildman–Crippen LogP) is 3.27. The zero-order valence-corrected chi connectivity index (χ0v) is 22.3. The van der Waals surface area contributed by atoms with Gasteiger partial charge >= 0.3 is 17.8 Å². The van der Waals surface area contributed by atoms with Gasteiger partial charge in [-0.3, -0.25) is 28.9 Å². The minimum atomic E-state index is -1.42. The fraction of sp³-hybridized carbons (Fsp3) is 0.538. The van der Waals surface area contributed by atoms with Gasteiger partial charge in [-0.2, -0.15) is 0 Å². The number of esters is 2. The molecule has 0 bridgehead atoms. The van der Waals surface area contributed by atoms with Crippen LogP contribution in [0.4, 0.5) is 0 Å². The number of carbonyl (C=O) groups is 6. The van der Waals surface area contributed by atoms with Crippen molar-refractivity contribution in [3.8, 4) is 5.75 Å². The molecule has 0 radical (unpaired) electrons. The molecule has 1 aliphatic rings. The van der Waals surface area contributed by atoms with Crippen LogP contribution in [0.15, 0.2) is 30.3 Å². The average Bonchev–Trinajstić information content (AvgIpc) is 2.85. The number of likely N-dealkylation sites (tertiary alicyclic amines) is 1. The lowest BCUT2D eigenvalue weighted by atomic mass is 9.90. The molecule has 1 aromatic rings. The molecule has 1 heterocycles. The number of hydrogen-bond donors (Lipinski definition) is 0. The van der Waals surface area contributed by atoms with E-state index in [0.717, 1.165) is 12.8 Å². The van der Waals surface area contributed by atoms with Gasteiger partial charge < -0.3 is 14.2 Å². The van der Waals surface area contributed by atoms with Gasteiger partial charge in [0, 0.05) is 12.8 Å². The molecule has 1 fully saturated rings. The second-order valence-electron chi connectivity index (χ2n) is 9.53. The Balaban J connectivity index is 2.03. The molecule has 2 rings (SSSR count). The maximum atomic E-state index is 12.8. The van der Waals surface area contributed by atoms with E-state index >= 15 is 0 Å². The lowest BCUT2D eigenvalue weighted by Gasteiger charge is -2.43. The Kier molecular flexibility index (Phi) is 11.3. The van der Waals surface area contributed by atoms with Crippen molar-refractivity contribution in [3.63, 3.8) is 0 Å². The molecular weight excluding hydrogens is 502 g/mol. The Morgan fingerprint density at radius 2 is 1.68 bits per heavy atom. The van der Waals surface area contributed by atoms with Crippen LogP contribution < -0.4 is 4.74 Å². The highest BCUT2D eigenvalue weighted by atomic mass is 32.2. The number of ether oxygens (including phenoxy) is 3. The van der Waals surface area contributed by atoms with Crippen molar-refractivity contribution in [1.29, 1.82) is 0 Å². The minimum Gasteiger partial charge on any atom is -0.485 e. The van der Waals surface area contributed by atoms with Gasteiger partial charge in [-0.25, -0.2) is 4.79 Å². The lowest BCUT2D eigenvalue weighted by Crippen LogP contribution is -2.64. The fourth-order valence-electron chi connectivity index (χ4n) is 3.32. The highest BCUT2D eigenvalue weighted by Crippen LogP contribution is 2.38. The molecule has 0 aromatic heterocycles. The Hall–Kier alpha value is -3.21. The molecule has 2 atom stereocenters. The molecule has 1 aromatic carbocycles. The number of unbranched alkanes of at least 4 members (excludes halogenated alkanes) is 2. The van der Waals surface area contributed by atoms with Crippen molar-refractivity contribution >= 4 is 46.4 Å². The predicted molar refractivity (Wildman–Crippen MR) is 134 cm³/mol. The molecule has 11 heteroatoms. The third kappa shape index (κ3) is 8.99. The number of para-hydroxylation sites is 1. The van der Waals surface area contributed by atoms with E-state index in [9.17, 15) is 28.8 Å². The molecule has 202 valence electrons. The first kappa shape index (κ1) is 30.0. The van der Waals surface area contributed by atoms with E-state index < -0.39 is 52.4 Å². The largest absolute Gasteiger partial charge is 0.485 e. The maximum absolute atomic E-state index is 12.8. The average molecular weight is 536 g/mol. The number of amides is 2. The molecule has 0 spiro atoms. The normalized spacial score (nSPS) is 17.0. The van der Waals surface area contributed by atoms with Crippen LogP contribution in [-0.4, -0.2) is 58.3 Å². The summed E-state index contributed by atoms with van der Waals surface area (Å²) < 4.78 is 14.9. The molecule has 0 aliphatic carbocycles. The van der Waals surface area contributed by atoms with Crippen LogP contribution in [0.25, 0.3) is 0 Å². The summed E-state index contributed by atoms with van der Waals surface area (Å²) in [7, 11) is 0. The van der Waals surface area contributed by atoms with E-state index in [-0.39, 0.29) is 25.2 Å². The summed E-state index contributed by atoms with van der Waals surface area (Å²) in [5, 5.41) is -1.55. The van der Waals surface area contributed by atoms with Crippen LogP contribution in [0.5, 0.6) is 5.75 Å². The SMILES string of the molecule is CCCCCC(=O)C[C@@H]1C(=O)N(C(=O)C(=O)OCOC(=O)C(C)(C)C)[C@@H]1SC(=O)COc1ccccc1. The summed E-state index contributed by atoms with van der Waals surface area (Å²) in [5.41, 5.74) is -0.843. The van der Waals surface area contributed by atoms with E-state index in [2.05, 4.69) is 0 Å². The summed E-state index contributed by atoms with van der Waals surface area (Å²) in [6.07, 6.45) is 2.62. The quantitative estimate of drug-likeness (QED) is 0.129. The van der Waals surface area contributed by atoms with Gasteiger partial charge in [0.05, 0.1) is 11.3 Å². The maximum Gasteiger partial charge on any atom is 0.400 e. The standard InChI is InChI=1S/C26H33NO9S/c1-5-6-8-11-17(28)14-19-21(30)27(22(31)24(32)35-16-36-25(33)26(2,3)4)23(19)37-20(29)15-34-18-12-9-7-10-13-18/h7,9-10,12-13,19,23H,5-6,8,11,14-16H2,1-4H3/t19-,23-/m1/s1. The smallest absolute Gasteiger partial charge is 0.400 e. The van der Waals surface area contributed by atoms with Gasteiger partial charge in [0.1, 0.15) is 16.9 Å². The molecular formula is C26H33NO9S. The number of β-lactam (4-membered cyclic amide) rings is 1. The number of ketones is 1. The van der Waals surface area contributed by atoms with Crippen molar-refractivity contribution in [2.45, 2.75) is 65.2 Å². The van der Waals surface area contributed by atoms with Gasteiger partial charge in [0.15, 0.2) is 6.61 Å². The first-order valence-corrected chi connectivity index (χ1v) is 12.9. The van der Waals surface area contributed by atoms with Crippen LogP contribution in [0, 0.1) is 11.3 Å². The summed E-state index contributed by atoms with van der Waals surface area (Å²) in [6.45, 7) is 5.67. The second-order valence-corrected chi connectivity index (χ2v) is 10.7. The molecule has 1 saturated heterocycles. The van der Waals surface area contributed by atoms with Gasteiger partial charge in [0.25, 0.3) is 0 Å². The van der Waals surface area contributed by atoms with Gasteiger partial charge in [-0.1, -0.05) is 49.7 Å². The van der Waals surface area contributed by atoms with Crippen molar-refractivity contribution in [1.82, 2.24) is 4.90 Å². The highest BCUT2D eigenvalue weighted by Gasteiger charge is 2.54. The second kappa shape index (κ2) is 13.9. The van der Waals surface area contributed by atoms with Crippen LogP contribution in [-0.2, 0) is 38.2 Å². The van der Waals surface area contributed by atoms with Crippen molar-refractivity contribution in [2.75, 3.05) is 13.4 Å². The molecule has 0 unspecified atom stereocenters. The van der Waals surface area contributed by atoms with Crippen molar-refractivity contribution < 1.29 is 43.0 Å². The Morgan fingerprint density at radius 1 is 1.00 bits per heavy atom. The third-order valence-electron chi connectivity index (χ3n) is 5.40. The van der Waals surface area contributed by atoms with Crippen LogP contribution in [0.2, 0.25) is 0 Å². The Morgan fingerprint density at radius 3 is 2.30 bits per heavy atom. The van der Waals surface area contributed by atoms with Crippen LogP contribution in [0.1, 0.15) is 59.8 Å². The third-order valence-corrected chi connectivity index (χ3v) is 6.56. The van der Waals surface area contributed by atoms with Gasteiger partial charge in [-0.05, 0) is 39.3 Å². The molecule has 2 amide bonds. The summed E-state index contributed by atoms with van der Waals surface area (Å²) >= 11 is 0.649. The fourth-order valence-corrected chi connectivity index (χ4v) is 4.40. The number of nitrogens with zero attached hydrogens (tertiary/aromatic N) is 1. The summed E-state index contributed by atoms with van der Waals surface area (Å²) in [6, 6.07) is 8.60. The Bertz CT molecular complexity index is 1000. The molecule has 37 heavy (non-hydrogen) atoms. The number of rotatable bonds is 12. The number of benzene rings is 1. The van der Waals surface area contributed by atoms with Gasteiger partial charge in [0.2, 0.25) is 17.8 Å². The first-order valence-electron chi connectivity index (χ1n) is 12.1. The number of carbonyl (C=O) groups excluding carboxylic acids is 6. The van der Waals surface area contributed by atoms with E-state index in [0.29, 0.717) is 28.8 Å². The summed E-state index contributed by atoms with van der Waals surface area (Å²) in [4.78, 5) is 75.1. The van der Waals surface area contributed by atoms with Crippen LogP contribution >= 0.6 is 11.8 Å². The number of imide groups is 1. The molecule has 0 saturated carbocycles. The Labute approximate surface area is 220 Å². The van der Waals surface area contributed by atoms with Gasteiger partial charge in [-0.15, -0.1) is 0 Å². The van der Waals surface area contributed by atoms with E-state index in [1.165, 1.54) is 0 Å². The minimum absolute atomic E-state index is 0.144. The molecule has 0 N–H and O–H groups in total. The zero-order chi connectivity index (χ0) is 27.6.